The van der Waals surface area contributed by atoms with Gasteiger partial charge in [-0.25, -0.2) is 0 Å². The average molecular weight is 210 g/mol. The number of hydrogen-bond donors (Lipinski definition) is 1. The number of rotatable bonds is 5. The van der Waals surface area contributed by atoms with E-state index in [9.17, 15) is 0 Å². The van der Waals surface area contributed by atoms with E-state index in [0.717, 1.165) is 24.2 Å². The molecule has 0 radical (unpaired) electrons. The van der Waals surface area contributed by atoms with Gasteiger partial charge in [-0.3, -0.25) is 0 Å². The van der Waals surface area contributed by atoms with Crippen molar-refractivity contribution in [1.29, 1.82) is 0 Å². The van der Waals surface area contributed by atoms with Crippen LogP contribution in [-0.2, 0) is 6.42 Å². The zero-order valence-electron chi connectivity index (χ0n) is 8.52. The summed E-state index contributed by atoms with van der Waals surface area (Å²) in [6.45, 7) is 6.05. The predicted octanol–water partition coefficient (Wildman–Crippen LogP) is 3.80. The monoisotopic (exact) mass is 209 g/mol. The lowest BCUT2D eigenvalue weighted by atomic mass is 10.1. The van der Waals surface area contributed by atoms with Gasteiger partial charge < -0.3 is 5.32 Å². The van der Waals surface area contributed by atoms with Crippen molar-refractivity contribution in [1.82, 2.24) is 0 Å². The summed E-state index contributed by atoms with van der Waals surface area (Å²) in [6.07, 6.45) is 1.86. The van der Waals surface area contributed by atoms with Gasteiger partial charge in [-0.15, -0.1) is 11.6 Å². The van der Waals surface area contributed by atoms with Gasteiger partial charge in [-0.1, -0.05) is 25.6 Å². The highest BCUT2D eigenvalue weighted by atomic mass is 35.5. The molecule has 0 amide bonds. The molecule has 1 rings (SSSR count). The van der Waals surface area contributed by atoms with Gasteiger partial charge in [0.2, 0.25) is 0 Å². The molecule has 1 aromatic rings. The summed E-state index contributed by atoms with van der Waals surface area (Å²) < 4.78 is 0. The van der Waals surface area contributed by atoms with Crippen LogP contribution in [0.2, 0.25) is 0 Å². The van der Waals surface area contributed by atoms with Crippen LogP contribution in [0.4, 0.5) is 5.69 Å². The second-order valence-corrected chi connectivity index (χ2v) is 3.60. The maximum absolute atomic E-state index is 5.62. The van der Waals surface area contributed by atoms with Gasteiger partial charge in [0.1, 0.15) is 0 Å². The third-order valence-corrected chi connectivity index (χ3v) is 2.24. The van der Waals surface area contributed by atoms with Crippen LogP contribution >= 0.6 is 11.6 Å². The normalized spacial score (nSPS) is 9.86. The Morgan fingerprint density at radius 3 is 2.93 bits per heavy atom. The molecular formula is C12H16ClN. The number of halogens is 1. The number of benzene rings is 1. The Hall–Kier alpha value is -0.950. The molecule has 0 aliphatic heterocycles. The predicted molar refractivity (Wildman–Crippen MR) is 63.9 cm³/mol. The molecule has 76 valence electrons. The van der Waals surface area contributed by atoms with Gasteiger partial charge >= 0.3 is 0 Å². The van der Waals surface area contributed by atoms with Crippen molar-refractivity contribution in [2.75, 3.05) is 11.2 Å². The maximum Gasteiger partial charge on any atom is 0.0384 e. The molecule has 0 unspecified atom stereocenters. The van der Waals surface area contributed by atoms with E-state index < -0.39 is 0 Å². The summed E-state index contributed by atoms with van der Waals surface area (Å²) in [7, 11) is 0. The number of anilines is 1. The van der Waals surface area contributed by atoms with E-state index in [1.54, 1.807) is 0 Å². The molecule has 0 aromatic heterocycles. The molecule has 0 atom stereocenters. The fourth-order valence-corrected chi connectivity index (χ4v) is 1.48. The third-order valence-electron chi connectivity index (χ3n) is 2.05. The molecular weight excluding hydrogens is 194 g/mol. The molecule has 0 heterocycles. The molecule has 1 nitrogen and oxygen atoms in total. The SMILES string of the molecule is C=C(CCCl)Nc1cccc(CC)c1. The molecule has 2 heteroatoms. The van der Waals surface area contributed by atoms with Crippen LogP contribution < -0.4 is 5.32 Å². The molecule has 0 bridgehead atoms. The molecule has 1 N–H and O–H groups in total. The molecule has 0 aliphatic rings. The van der Waals surface area contributed by atoms with E-state index in [1.165, 1.54) is 5.56 Å². The van der Waals surface area contributed by atoms with Crippen LogP contribution in [0.15, 0.2) is 36.5 Å². The van der Waals surface area contributed by atoms with E-state index in [4.69, 9.17) is 11.6 Å². The highest BCUT2D eigenvalue weighted by Crippen LogP contribution is 2.14. The number of hydrogen-bond acceptors (Lipinski definition) is 1. The van der Waals surface area contributed by atoms with Crippen LogP contribution in [0, 0.1) is 0 Å². The Morgan fingerprint density at radius 1 is 1.50 bits per heavy atom. The van der Waals surface area contributed by atoms with Crippen molar-refractivity contribution in [3.8, 4) is 0 Å². The van der Waals surface area contributed by atoms with Crippen LogP contribution in [0.1, 0.15) is 18.9 Å². The summed E-state index contributed by atoms with van der Waals surface area (Å²) >= 11 is 5.62. The van der Waals surface area contributed by atoms with Gasteiger partial charge in [0.25, 0.3) is 0 Å². The number of nitrogens with one attached hydrogen (secondary N) is 1. The Labute approximate surface area is 90.8 Å². The number of aryl methyl sites for hydroxylation is 1. The summed E-state index contributed by atoms with van der Waals surface area (Å²) in [5, 5.41) is 3.24. The van der Waals surface area contributed by atoms with Crippen molar-refractivity contribution in [3.05, 3.63) is 42.1 Å². The molecule has 0 spiro atoms. The fraction of sp³-hybridized carbons (Fsp3) is 0.333. The van der Waals surface area contributed by atoms with Gasteiger partial charge in [0.05, 0.1) is 0 Å². The van der Waals surface area contributed by atoms with E-state index in [2.05, 4.69) is 37.0 Å². The minimum atomic E-state index is 0.610. The molecule has 0 saturated heterocycles. The Morgan fingerprint density at radius 2 is 2.29 bits per heavy atom. The topological polar surface area (TPSA) is 12.0 Å². The van der Waals surface area contributed by atoms with Crippen molar-refractivity contribution < 1.29 is 0 Å². The lowest BCUT2D eigenvalue weighted by Crippen LogP contribution is -1.98. The van der Waals surface area contributed by atoms with Crippen LogP contribution in [0.3, 0.4) is 0 Å². The van der Waals surface area contributed by atoms with Crippen molar-refractivity contribution in [2.24, 2.45) is 0 Å². The summed E-state index contributed by atoms with van der Waals surface area (Å²) in [6, 6.07) is 8.35. The lowest BCUT2D eigenvalue weighted by molar-refractivity contribution is 1.11. The Balaban J connectivity index is 2.62. The number of alkyl halides is 1. The van der Waals surface area contributed by atoms with Crippen LogP contribution in [-0.4, -0.2) is 5.88 Å². The van der Waals surface area contributed by atoms with E-state index >= 15 is 0 Å². The zero-order valence-corrected chi connectivity index (χ0v) is 9.27. The standard InChI is InChI=1S/C12H16ClN/c1-3-11-5-4-6-12(9-11)14-10(2)7-8-13/h4-6,9,14H,2-3,7-8H2,1H3. The first-order chi connectivity index (χ1) is 6.76. The average Bonchev–Trinajstić information content (AvgIpc) is 2.18. The minimum absolute atomic E-state index is 0.610. The molecule has 0 aliphatic carbocycles. The van der Waals surface area contributed by atoms with E-state index in [1.807, 2.05) is 6.07 Å². The Bertz CT molecular complexity index is 307. The van der Waals surface area contributed by atoms with Gasteiger partial charge in [-0.2, -0.15) is 0 Å². The van der Waals surface area contributed by atoms with Gasteiger partial charge in [0, 0.05) is 23.7 Å². The van der Waals surface area contributed by atoms with Crippen LogP contribution in [0.5, 0.6) is 0 Å². The lowest BCUT2D eigenvalue weighted by Gasteiger charge is -2.09. The minimum Gasteiger partial charge on any atom is -0.359 e. The first-order valence-corrected chi connectivity index (χ1v) is 5.39. The van der Waals surface area contributed by atoms with E-state index in [0.29, 0.717) is 5.88 Å². The highest BCUT2D eigenvalue weighted by Gasteiger charge is 1.96. The van der Waals surface area contributed by atoms with Crippen molar-refractivity contribution >= 4 is 17.3 Å². The largest absolute Gasteiger partial charge is 0.359 e. The molecule has 0 fully saturated rings. The zero-order chi connectivity index (χ0) is 10.4. The first kappa shape index (κ1) is 11.1. The molecule has 0 saturated carbocycles. The maximum atomic E-state index is 5.62. The van der Waals surface area contributed by atoms with Crippen molar-refractivity contribution in [2.45, 2.75) is 19.8 Å². The van der Waals surface area contributed by atoms with Gasteiger partial charge in [-0.05, 0) is 24.1 Å². The summed E-state index contributed by atoms with van der Waals surface area (Å²) in [4.78, 5) is 0. The second-order valence-electron chi connectivity index (χ2n) is 3.22. The second kappa shape index (κ2) is 5.71. The van der Waals surface area contributed by atoms with Gasteiger partial charge in [0.15, 0.2) is 0 Å². The van der Waals surface area contributed by atoms with Crippen molar-refractivity contribution in [3.63, 3.8) is 0 Å². The quantitative estimate of drug-likeness (QED) is 0.728. The van der Waals surface area contributed by atoms with E-state index in [-0.39, 0.29) is 0 Å². The summed E-state index contributed by atoms with van der Waals surface area (Å²) in [5.41, 5.74) is 3.39. The van der Waals surface area contributed by atoms with Crippen LogP contribution in [0.25, 0.3) is 0 Å². The first-order valence-electron chi connectivity index (χ1n) is 4.86. The molecule has 14 heavy (non-hydrogen) atoms. The fourth-order valence-electron chi connectivity index (χ4n) is 1.25. The highest BCUT2D eigenvalue weighted by molar-refractivity contribution is 6.18. The smallest absolute Gasteiger partial charge is 0.0384 e. The third kappa shape index (κ3) is 3.43. The number of allylic oxidation sites excluding steroid dienone is 1. The Kier molecular flexibility index (Phi) is 4.54. The summed E-state index contributed by atoms with van der Waals surface area (Å²) in [5.74, 6) is 0.610. The molecule has 1 aromatic carbocycles.